The molecule has 0 radical (unpaired) electrons. The molecule has 2 heterocycles. The molecule has 10 heteroatoms. The number of aromatic nitrogens is 4. The number of hydrogen-bond donors (Lipinski definition) is 2. The van der Waals surface area contributed by atoms with Crippen molar-refractivity contribution < 1.29 is 9.53 Å². The van der Waals surface area contributed by atoms with Crippen LogP contribution in [0.15, 0.2) is 9.72 Å². The minimum atomic E-state index is -0.280. The van der Waals surface area contributed by atoms with Gasteiger partial charge in [-0.1, -0.05) is 11.8 Å². The van der Waals surface area contributed by atoms with Crippen molar-refractivity contribution in [2.24, 2.45) is 0 Å². The highest BCUT2D eigenvalue weighted by Crippen LogP contribution is 2.25. The summed E-state index contributed by atoms with van der Waals surface area (Å²) in [6.07, 6.45) is 0.177. The summed E-state index contributed by atoms with van der Waals surface area (Å²) in [5.74, 6) is 0.883. The molecule has 0 amide bonds. The summed E-state index contributed by atoms with van der Waals surface area (Å²) in [6.45, 7) is 2.14. The number of thioether (sulfide) groups is 1. The lowest BCUT2D eigenvalue weighted by Crippen LogP contribution is -2.07. The van der Waals surface area contributed by atoms with E-state index in [0.29, 0.717) is 23.9 Å². The van der Waals surface area contributed by atoms with Gasteiger partial charge in [-0.3, -0.25) is 4.79 Å². The molecule has 2 rings (SSSR count). The molecule has 112 valence electrons. The molecule has 0 saturated carbocycles. The third kappa shape index (κ3) is 4.83. The van der Waals surface area contributed by atoms with E-state index in [2.05, 4.69) is 19.9 Å². The number of nitrogen functional groups attached to an aromatic ring is 2. The number of carbonyl (C=O) groups is 1. The van der Waals surface area contributed by atoms with E-state index in [9.17, 15) is 4.79 Å². The quantitative estimate of drug-likeness (QED) is 0.587. The molecule has 8 nitrogen and oxygen atoms in total. The molecule has 0 aliphatic heterocycles. The van der Waals surface area contributed by atoms with E-state index >= 15 is 0 Å². The van der Waals surface area contributed by atoms with Gasteiger partial charge in [0.15, 0.2) is 4.34 Å². The van der Waals surface area contributed by atoms with Gasteiger partial charge in [0, 0.05) is 5.38 Å². The summed E-state index contributed by atoms with van der Waals surface area (Å²) >= 11 is 2.89. The summed E-state index contributed by atoms with van der Waals surface area (Å²) in [5.41, 5.74) is 11.7. The Morgan fingerprint density at radius 1 is 1.29 bits per heavy atom. The van der Waals surface area contributed by atoms with Crippen LogP contribution in [0.1, 0.15) is 18.4 Å². The molecule has 0 aliphatic carbocycles. The van der Waals surface area contributed by atoms with Crippen molar-refractivity contribution in [3.05, 3.63) is 16.9 Å². The third-order valence-electron chi connectivity index (χ3n) is 2.20. The minimum absolute atomic E-state index is 0.0974. The van der Waals surface area contributed by atoms with E-state index in [4.69, 9.17) is 16.2 Å². The predicted octanol–water partition coefficient (Wildman–Crippen LogP) is 0.890. The van der Waals surface area contributed by atoms with Crippen molar-refractivity contribution in [2.75, 3.05) is 18.1 Å². The van der Waals surface area contributed by atoms with Crippen molar-refractivity contribution in [3.63, 3.8) is 0 Å². The maximum Gasteiger partial charge on any atom is 0.311 e. The molecule has 21 heavy (non-hydrogen) atoms. The first-order valence-corrected chi connectivity index (χ1v) is 7.92. The van der Waals surface area contributed by atoms with E-state index < -0.39 is 0 Å². The number of anilines is 2. The van der Waals surface area contributed by atoms with Crippen molar-refractivity contribution in [1.29, 1.82) is 0 Å². The number of hydrogen-bond acceptors (Lipinski definition) is 10. The molecule has 2 aromatic heterocycles. The van der Waals surface area contributed by atoms with E-state index in [1.54, 1.807) is 6.92 Å². The second-order valence-corrected chi connectivity index (χ2v) is 5.92. The molecule has 0 saturated heterocycles. The van der Waals surface area contributed by atoms with Gasteiger partial charge in [-0.25, -0.2) is 4.98 Å². The van der Waals surface area contributed by atoms with Crippen LogP contribution in [0.2, 0.25) is 0 Å². The second kappa shape index (κ2) is 7.18. The highest BCUT2D eigenvalue weighted by molar-refractivity contribution is 8.00. The molecule has 2 aromatic rings. The van der Waals surface area contributed by atoms with Gasteiger partial charge in [0.25, 0.3) is 0 Å². The average Bonchev–Trinajstić information content (AvgIpc) is 2.83. The third-order valence-corrected chi connectivity index (χ3v) is 4.27. The highest BCUT2D eigenvalue weighted by atomic mass is 32.2. The number of ether oxygens (including phenoxy) is 1. The Morgan fingerprint density at radius 2 is 2.00 bits per heavy atom. The number of rotatable bonds is 6. The van der Waals surface area contributed by atoms with Crippen LogP contribution in [0.4, 0.5) is 11.9 Å². The number of esters is 1. The SMILES string of the molecule is CCOC(=O)Cc1csc(SCc2nc(N)nc(N)n2)n1. The van der Waals surface area contributed by atoms with Crippen molar-refractivity contribution in [3.8, 4) is 0 Å². The van der Waals surface area contributed by atoms with Crippen LogP contribution in [0, 0.1) is 0 Å². The molecule has 0 bridgehead atoms. The molecule has 0 aromatic carbocycles. The first-order valence-electron chi connectivity index (χ1n) is 6.05. The maximum absolute atomic E-state index is 11.4. The Bertz CT molecular complexity index is 613. The summed E-state index contributed by atoms with van der Waals surface area (Å²) in [6, 6.07) is 0. The van der Waals surface area contributed by atoms with Gasteiger partial charge in [0.2, 0.25) is 11.9 Å². The molecule has 0 atom stereocenters. The fourth-order valence-electron chi connectivity index (χ4n) is 1.44. The Hall–Kier alpha value is -1.94. The summed E-state index contributed by atoms with van der Waals surface area (Å²) in [4.78, 5) is 27.4. The summed E-state index contributed by atoms with van der Waals surface area (Å²) in [7, 11) is 0. The zero-order chi connectivity index (χ0) is 15.2. The van der Waals surface area contributed by atoms with Crippen LogP contribution in [-0.4, -0.2) is 32.5 Å². The normalized spacial score (nSPS) is 10.5. The van der Waals surface area contributed by atoms with Crippen LogP contribution in [0.25, 0.3) is 0 Å². The van der Waals surface area contributed by atoms with Crippen molar-refractivity contribution in [2.45, 2.75) is 23.4 Å². The monoisotopic (exact) mass is 326 g/mol. The van der Waals surface area contributed by atoms with Gasteiger partial charge in [-0.15, -0.1) is 11.3 Å². The zero-order valence-corrected chi connectivity index (χ0v) is 12.9. The maximum atomic E-state index is 11.4. The van der Waals surface area contributed by atoms with E-state index in [0.717, 1.165) is 4.34 Å². The molecule has 4 N–H and O–H groups in total. The molecule has 0 unspecified atom stereocenters. The average molecular weight is 326 g/mol. The molecule has 0 spiro atoms. The van der Waals surface area contributed by atoms with E-state index in [-0.39, 0.29) is 24.3 Å². The largest absolute Gasteiger partial charge is 0.466 e. The predicted molar refractivity (Wildman–Crippen MR) is 80.7 cm³/mol. The number of carbonyl (C=O) groups excluding carboxylic acids is 1. The van der Waals surface area contributed by atoms with Crippen LogP contribution >= 0.6 is 23.1 Å². The van der Waals surface area contributed by atoms with Gasteiger partial charge in [0.05, 0.1) is 24.5 Å². The smallest absolute Gasteiger partial charge is 0.311 e. The van der Waals surface area contributed by atoms with Gasteiger partial charge in [-0.2, -0.15) is 15.0 Å². The van der Waals surface area contributed by atoms with Crippen LogP contribution in [-0.2, 0) is 21.7 Å². The summed E-state index contributed by atoms with van der Waals surface area (Å²) in [5, 5.41) is 1.83. The van der Waals surface area contributed by atoms with E-state index in [1.165, 1.54) is 23.1 Å². The van der Waals surface area contributed by atoms with Gasteiger partial charge in [-0.05, 0) is 6.92 Å². The first kappa shape index (κ1) is 15.4. The number of thiazole rings is 1. The van der Waals surface area contributed by atoms with Crippen molar-refractivity contribution in [1.82, 2.24) is 19.9 Å². The topological polar surface area (TPSA) is 130 Å². The fourth-order valence-corrected chi connectivity index (χ4v) is 3.14. The second-order valence-electron chi connectivity index (χ2n) is 3.84. The van der Waals surface area contributed by atoms with Crippen molar-refractivity contribution >= 4 is 41.0 Å². The Morgan fingerprint density at radius 3 is 2.67 bits per heavy atom. The molecule has 0 fully saturated rings. The molecular formula is C11H14N6O2S2. The standard InChI is InChI=1S/C11H14N6O2S2/c1-2-19-8(18)3-6-4-20-11(14-6)21-5-7-15-9(12)17-10(13)16-7/h4H,2-3,5H2,1H3,(H4,12,13,15,16,17). The number of nitrogens with two attached hydrogens (primary N) is 2. The van der Waals surface area contributed by atoms with Crippen LogP contribution < -0.4 is 11.5 Å². The van der Waals surface area contributed by atoms with Crippen LogP contribution in [0.3, 0.4) is 0 Å². The van der Waals surface area contributed by atoms with Gasteiger partial charge < -0.3 is 16.2 Å². The Labute approximate surface area is 129 Å². The van der Waals surface area contributed by atoms with Gasteiger partial charge >= 0.3 is 5.97 Å². The minimum Gasteiger partial charge on any atom is -0.466 e. The Kier molecular flexibility index (Phi) is 5.28. The first-order chi connectivity index (χ1) is 10.1. The zero-order valence-electron chi connectivity index (χ0n) is 11.3. The molecular weight excluding hydrogens is 312 g/mol. The number of nitrogens with zero attached hydrogens (tertiary/aromatic N) is 4. The molecule has 0 aliphatic rings. The highest BCUT2D eigenvalue weighted by Gasteiger charge is 2.10. The lowest BCUT2D eigenvalue weighted by Gasteiger charge is -2.00. The lowest BCUT2D eigenvalue weighted by molar-refractivity contribution is -0.142. The lowest BCUT2D eigenvalue weighted by atomic mass is 10.3. The summed E-state index contributed by atoms with van der Waals surface area (Å²) < 4.78 is 5.69. The van der Waals surface area contributed by atoms with E-state index in [1.807, 2.05) is 5.38 Å². The Balaban J connectivity index is 1.92. The van der Waals surface area contributed by atoms with Gasteiger partial charge in [0.1, 0.15) is 5.82 Å². The fraction of sp³-hybridized carbons (Fsp3) is 0.364. The van der Waals surface area contributed by atoms with Crippen LogP contribution in [0.5, 0.6) is 0 Å².